The minimum atomic E-state index is -1.26. The van der Waals surface area contributed by atoms with Gasteiger partial charge in [0.2, 0.25) is 0 Å². The molecule has 0 rings (SSSR count). The molecule has 0 fully saturated rings. The Bertz CT molecular complexity index is 340. The number of hydrogen-bond donors (Lipinski definition) is 6. The Hall–Kier alpha value is -2.72. The SMILES string of the molecule is CC(CO)CO.O=C(O)C=CC(=O)O.O=C(O)C=CC(=O)O. The number of hydrogen-bond acceptors (Lipinski definition) is 6. The Morgan fingerprint density at radius 1 is 0.682 bits per heavy atom. The summed E-state index contributed by atoms with van der Waals surface area (Å²) in [5, 5.41) is 47.6. The summed E-state index contributed by atoms with van der Waals surface area (Å²) in [4.78, 5) is 38.2. The van der Waals surface area contributed by atoms with Crippen molar-refractivity contribution in [3.05, 3.63) is 24.3 Å². The maximum atomic E-state index is 9.55. The molecule has 6 N–H and O–H groups in total. The zero-order valence-electron chi connectivity index (χ0n) is 11.6. The van der Waals surface area contributed by atoms with Gasteiger partial charge in [0.25, 0.3) is 0 Å². The van der Waals surface area contributed by atoms with E-state index in [4.69, 9.17) is 30.6 Å². The van der Waals surface area contributed by atoms with E-state index in [0.29, 0.717) is 24.3 Å². The van der Waals surface area contributed by atoms with Crippen molar-refractivity contribution in [1.82, 2.24) is 0 Å². The summed E-state index contributed by atoms with van der Waals surface area (Å²) in [6.07, 6.45) is 2.23. The van der Waals surface area contributed by atoms with E-state index < -0.39 is 23.9 Å². The second kappa shape index (κ2) is 16.3. The van der Waals surface area contributed by atoms with Crippen LogP contribution >= 0.6 is 0 Å². The molecule has 0 bridgehead atoms. The van der Waals surface area contributed by atoms with Crippen molar-refractivity contribution in [3.8, 4) is 0 Å². The summed E-state index contributed by atoms with van der Waals surface area (Å²) >= 11 is 0. The zero-order valence-corrected chi connectivity index (χ0v) is 11.6. The number of carboxylic acid groups (broad SMARTS) is 4. The van der Waals surface area contributed by atoms with Crippen LogP contribution in [0.3, 0.4) is 0 Å². The third kappa shape index (κ3) is 36.0. The number of carbonyl (C=O) groups is 4. The van der Waals surface area contributed by atoms with Crippen LogP contribution < -0.4 is 0 Å². The molecule has 0 atom stereocenters. The highest BCUT2D eigenvalue weighted by atomic mass is 16.4. The van der Waals surface area contributed by atoms with Crippen molar-refractivity contribution in [2.45, 2.75) is 6.92 Å². The number of aliphatic hydroxyl groups is 2. The Kier molecular flexibility index (Phi) is 18.0. The first kappa shape index (κ1) is 24.3. The summed E-state index contributed by atoms with van der Waals surface area (Å²) in [6, 6.07) is 0. The highest BCUT2D eigenvalue weighted by molar-refractivity contribution is 5.90. The lowest BCUT2D eigenvalue weighted by molar-refractivity contribution is -0.134. The molecule has 10 nitrogen and oxygen atoms in total. The topological polar surface area (TPSA) is 190 Å². The molecular weight excluding hydrogens is 304 g/mol. The van der Waals surface area contributed by atoms with Gasteiger partial charge in [0.05, 0.1) is 0 Å². The van der Waals surface area contributed by atoms with E-state index in [1.165, 1.54) is 0 Å². The van der Waals surface area contributed by atoms with Gasteiger partial charge in [0.1, 0.15) is 0 Å². The van der Waals surface area contributed by atoms with E-state index in [-0.39, 0.29) is 19.1 Å². The molecule has 0 spiro atoms. The standard InChI is InChI=1S/2C4H4O4.C4H10O2/c2*5-3(6)1-2-4(7)8;1-4(2-5)3-6/h2*1-2H,(H,5,6)(H,7,8);4-6H,2-3H2,1H3. The first-order valence-corrected chi connectivity index (χ1v) is 5.56. The van der Waals surface area contributed by atoms with Gasteiger partial charge in [-0.1, -0.05) is 6.92 Å². The first-order chi connectivity index (χ1) is 10.1. The lowest BCUT2D eigenvalue weighted by Crippen LogP contribution is -2.04. The van der Waals surface area contributed by atoms with Crippen molar-refractivity contribution in [3.63, 3.8) is 0 Å². The molecular formula is C12H18O10. The second-order valence-corrected chi connectivity index (χ2v) is 3.49. The van der Waals surface area contributed by atoms with E-state index >= 15 is 0 Å². The van der Waals surface area contributed by atoms with E-state index in [9.17, 15) is 19.2 Å². The Morgan fingerprint density at radius 3 is 0.909 bits per heavy atom. The predicted octanol–water partition coefficient (Wildman–Crippen LogP) is -0.969. The Morgan fingerprint density at radius 2 is 0.864 bits per heavy atom. The van der Waals surface area contributed by atoms with Crippen LogP contribution in [0.15, 0.2) is 24.3 Å². The van der Waals surface area contributed by atoms with Crippen molar-refractivity contribution >= 4 is 23.9 Å². The van der Waals surface area contributed by atoms with E-state index in [0.717, 1.165) is 0 Å². The third-order valence-corrected chi connectivity index (χ3v) is 1.36. The van der Waals surface area contributed by atoms with Crippen LogP contribution in [-0.2, 0) is 19.2 Å². The smallest absolute Gasteiger partial charge is 0.328 e. The molecule has 0 aliphatic heterocycles. The number of aliphatic hydroxyl groups excluding tert-OH is 2. The molecule has 0 radical (unpaired) electrons. The molecule has 0 aromatic carbocycles. The molecule has 0 amide bonds. The second-order valence-electron chi connectivity index (χ2n) is 3.49. The van der Waals surface area contributed by atoms with Gasteiger partial charge in [0, 0.05) is 43.4 Å². The maximum Gasteiger partial charge on any atom is 0.328 e. The lowest BCUT2D eigenvalue weighted by Gasteiger charge is -1.97. The van der Waals surface area contributed by atoms with Crippen LogP contribution in [0.25, 0.3) is 0 Å². The average Bonchev–Trinajstić information content (AvgIpc) is 2.43. The average molecular weight is 322 g/mol. The third-order valence-electron chi connectivity index (χ3n) is 1.36. The highest BCUT2D eigenvalue weighted by Crippen LogP contribution is 1.85. The maximum absolute atomic E-state index is 9.55. The molecule has 0 heterocycles. The van der Waals surface area contributed by atoms with Gasteiger partial charge in [-0.2, -0.15) is 0 Å². The monoisotopic (exact) mass is 322 g/mol. The molecule has 0 unspecified atom stereocenters. The molecule has 126 valence electrons. The molecule has 0 aromatic heterocycles. The minimum absolute atomic E-state index is 0.0463. The normalized spacial score (nSPS) is 9.64. The molecule has 0 aromatic rings. The molecule has 0 aliphatic rings. The van der Waals surface area contributed by atoms with Crippen molar-refractivity contribution in [2.75, 3.05) is 13.2 Å². The van der Waals surface area contributed by atoms with Crippen molar-refractivity contribution in [1.29, 1.82) is 0 Å². The van der Waals surface area contributed by atoms with Crippen LogP contribution in [0.4, 0.5) is 0 Å². The summed E-state index contributed by atoms with van der Waals surface area (Å²) in [7, 11) is 0. The van der Waals surface area contributed by atoms with E-state index in [1.54, 1.807) is 6.92 Å². The Balaban J connectivity index is -0.000000249. The van der Waals surface area contributed by atoms with Crippen LogP contribution in [0, 0.1) is 5.92 Å². The van der Waals surface area contributed by atoms with Gasteiger partial charge in [-0.25, -0.2) is 19.2 Å². The van der Waals surface area contributed by atoms with Crippen LogP contribution in [0.2, 0.25) is 0 Å². The molecule has 0 saturated carbocycles. The quantitative estimate of drug-likeness (QED) is 0.332. The summed E-state index contributed by atoms with van der Waals surface area (Å²) in [5.74, 6) is -4.98. The number of aliphatic carboxylic acids is 4. The fourth-order valence-corrected chi connectivity index (χ4v) is 0.343. The van der Waals surface area contributed by atoms with Crippen LogP contribution in [0.1, 0.15) is 6.92 Å². The minimum Gasteiger partial charge on any atom is -0.478 e. The van der Waals surface area contributed by atoms with Gasteiger partial charge < -0.3 is 30.6 Å². The van der Waals surface area contributed by atoms with Gasteiger partial charge in [0.15, 0.2) is 0 Å². The Labute approximate surface area is 125 Å². The summed E-state index contributed by atoms with van der Waals surface area (Å²) in [5.41, 5.74) is 0. The molecule has 10 heteroatoms. The van der Waals surface area contributed by atoms with Crippen LogP contribution in [-0.4, -0.2) is 67.7 Å². The fraction of sp³-hybridized carbons (Fsp3) is 0.333. The summed E-state index contributed by atoms with van der Waals surface area (Å²) < 4.78 is 0. The summed E-state index contributed by atoms with van der Waals surface area (Å²) in [6.45, 7) is 1.94. The van der Waals surface area contributed by atoms with Gasteiger partial charge in [-0.05, 0) is 0 Å². The highest BCUT2D eigenvalue weighted by Gasteiger charge is 1.91. The lowest BCUT2D eigenvalue weighted by atomic mass is 10.2. The van der Waals surface area contributed by atoms with E-state index in [2.05, 4.69) is 0 Å². The van der Waals surface area contributed by atoms with Crippen molar-refractivity contribution < 1.29 is 49.8 Å². The molecule has 22 heavy (non-hydrogen) atoms. The first-order valence-electron chi connectivity index (χ1n) is 5.56. The fourth-order valence-electron chi connectivity index (χ4n) is 0.343. The van der Waals surface area contributed by atoms with Crippen LogP contribution in [0.5, 0.6) is 0 Å². The predicted molar refractivity (Wildman–Crippen MR) is 72.2 cm³/mol. The van der Waals surface area contributed by atoms with E-state index in [1.807, 2.05) is 0 Å². The van der Waals surface area contributed by atoms with Gasteiger partial charge in [-0.3, -0.25) is 0 Å². The number of carboxylic acids is 4. The van der Waals surface area contributed by atoms with Gasteiger partial charge >= 0.3 is 23.9 Å². The largest absolute Gasteiger partial charge is 0.478 e. The van der Waals surface area contributed by atoms with Crippen molar-refractivity contribution in [2.24, 2.45) is 5.92 Å². The van der Waals surface area contributed by atoms with Gasteiger partial charge in [-0.15, -0.1) is 0 Å². The zero-order chi connectivity index (χ0) is 18.1. The number of rotatable bonds is 6. The molecule has 0 saturated heterocycles. The molecule has 0 aliphatic carbocycles.